The Morgan fingerprint density at radius 1 is 1.33 bits per heavy atom. The third-order valence-electron chi connectivity index (χ3n) is 3.99. The molecule has 1 aliphatic rings. The summed E-state index contributed by atoms with van der Waals surface area (Å²) in [6.07, 6.45) is 6.86. The van der Waals surface area contributed by atoms with E-state index >= 15 is 0 Å². The SMILES string of the molecule is Cc1nc2scc(C)n2c1CNC1CCCCC1. The van der Waals surface area contributed by atoms with Gasteiger partial charge < -0.3 is 5.32 Å². The second-order valence-corrected chi connectivity index (χ2v) is 6.19. The number of imidazole rings is 1. The number of thiazole rings is 1. The molecule has 2 aromatic heterocycles. The van der Waals surface area contributed by atoms with Crippen LogP contribution < -0.4 is 5.32 Å². The van der Waals surface area contributed by atoms with E-state index in [1.807, 2.05) is 0 Å². The van der Waals surface area contributed by atoms with Crippen molar-refractivity contribution >= 4 is 16.3 Å². The van der Waals surface area contributed by atoms with Crippen LogP contribution in [0.5, 0.6) is 0 Å². The summed E-state index contributed by atoms with van der Waals surface area (Å²) < 4.78 is 2.30. The van der Waals surface area contributed by atoms with Crippen molar-refractivity contribution in [2.75, 3.05) is 0 Å². The Morgan fingerprint density at radius 3 is 2.89 bits per heavy atom. The second kappa shape index (κ2) is 5.02. The Bertz CT molecular complexity index is 534. The van der Waals surface area contributed by atoms with E-state index < -0.39 is 0 Å². The summed E-state index contributed by atoms with van der Waals surface area (Å²) in [4.78, 5) is 5.77. The number of aromatic nitrogens is 2. The lowest BCUT2D eigenvalue weighted by Crippen LogP contribution is -2.31. The normalized spacial score (nSPS) is 17.7. The Morgan fingerprint density at radius 2 is 2.11 bits per heavy atom. The molecule has 2 heterocycles. The summed E-state index contributed by atoms with van der Waals surface area (Å²) in [5.41, 5.74) is 3.82. The fraction of sp³-hybridized carbons (Fsp3) is 0.643. The number of nitrogens with zero attached hydrogens (tertiary/aromatic N) is 2. The molecular weight excluding hydrogens is 242 g/mol. The minimum absolute atomic E-state index is 0.711. The van der Waals surface area contributed by atoms with Gasteiger partial charge >= 0.3 is 0 Å². The molecule has 3 nitrogen and oxygen atoms in total. The molecule has 0 aromatic carbocycles. The van der Waals surface area contributed by atoms with Crippen LogP contribution in [-0.4, -0.2) is 15.4 Å². The van der Waals surface area contributed by atoms with E-state index in [2.05, 4.69) is 33.9 Å². The van der Waals surface area contributed by atoms with Crippen LogP contribution in [0.3, 0.4) is 0 Å². The first-order valence-corrected chi connectivity index (χ1v) is 7.79. The number of rotatable bonds is 3. The van der Waals surface area contributed by atoms with Gasteiger partial charge in [0.1, 0.15) is 0 Å². The average molecular weight is 263 g/mol. The quantitative estimate of drug-likeness (QED) is 0.919. The Labute approximate surface area is 112 Å². The van der Waals surface area contributed by atoms with Crippen molar-refractivity contribution < 1.29 is 0 Å². The highest BCUT2D eigenvalue weighted by molar-refractivity contribution is 7.15. The van der Waals surface area contributed by atoms with Gasteiger partial charge in [0.05, 0.1) is 11.4 Å². The molecule has 0 amide bonds. The van der Waals surface area contributed by atoms with Gasteiger partial charge in [-0.2, -0.15) is 0 Å². The average Bonchev–Trinajstić information content (AvgIpc) is 2.88. The second-order valence-electron chi connectivity index (χ2n) is 5.35. The highest BCUT2D eigenvalue weighted by Gasteiger charge is 2.16. The van der Waals surface area contributed by atoms with E-state index in [0.29, 0.717) is 6.04 Å². The molecule has 0 saturated heterocycles. The molecule has 0 atom stereocenters. The molecule has 0 unspecified atom stereocenters. The molecule has 1 fully saturated rings. The highest BCUT2D eigenvalue weighted by Crippen LogP contribution is 2.22. The molecule has 98 valence electrons. The maximum absolute atomic E-state index is 4.64. The Balaban J connectivity index is 1.77. The molecule has 0 bridgehead atoms. The fourth-order valence-electron chi connectivity index (χ4n) is 2.92. The first-order chi connectivity index (χ1) is 8.75. The van der Waals surface area contributed by atoms with E-state index in [0.717, 1.165) is 11.5 Å². The molecule has 18 heavy (non-hydrogen) atoms. The van der Waals surface area contributed by atoms with E-state index in [1.165, 1.54) is 49.2 Å². The largest absolute Gasteiger partial charge is 0.308 e. The molecule has 0 spiro atoms. The number of aryl methyl sites for hydroxylation is 2. The third-order valence-corrected chi connectivity index (χ3v) is 4.94. The van der Waals surface area contributed by atoms with Crippen LogP contribution in [0.15, 0.2) is 5.38 Å². The first-order valence-electron chi connectivity index (χ1n) is 6.91. The molecule has 4 heteroatoms. The predicted octanol–water partition coefficient (Wildman–Crippen LogP) is 3.43. The van der Waals surface area contributed by atoms with Crippen LogP contribution >= 0.6 is 11.3 Å². The Hall–Kier alpha value is -0.870. The summed E-state index contributed by atoms with van der Waals surface area (Å²) >= 11 is 1.73. The fourth-order valence-corrected chi connectivity index (χ4v) is 3.85. The van der Waals surface area contributed by atoms with Crippen LogP contribution in [0.2, 0.25) is 0 Å². The van der Waals surface area contributed by atoms with Crippen molar-refractivity contribution in [1.29, 1.82) is 0 Å². The zero-order chi connectivity index (χ0) is 12.5. The number of hydrogen-bond donors (Lipinski definition) is 1. The van der Waals surface area contributed by atoms with Gasteiger partial charge in [-0.05, 0) is 26.7 Å². The summed E-state index contributed by atoms with van der Waals surface area (Å²) in [6.45, 7) is 5.24. The van der Waals surface area contributed by atoms with Gasteiger partial charge in [-0.3, -0.25) is 4.40 Å². The molecule has 1 N–H and O–H groups in total. The van der Waals surface area contributed by atoms with Crippen molar-refractivity contribution in [2.45, 2.75) is 58.5 Å². The maximum atomic E-state index is 4.64. The van der Waals surface area contributed by atoms with Crippen LogP contribution in [0.1, 0.15) is 49.2 Å². The molecule has 1 aliphatic carbocycles. The summed E-state index contributed by atoms with van der Waals surface area (Å²) in [5, 5.41) is 5.90. The van der Waals surface area contributed by atoms with Gasteiger partial charge in [0.25, 0.3) is 0 Å². The summed E-state index contributed by atoms with van der Waals surface area (Å²) in [5.74, 6) is 0. The molecule has 0 aliphatic heterocycles. The van der Waals surface area contributed by atoms with Crippen molar-refractivity contribution in [3.05, 3.63) is 22.5 Å². The van der Waals surface area contributed by atoms with Crippen LogP contribution in [-0.2, 0) is 6.54 Å². The van der Waals surface area contributed by atoms with Gasteiger partial charge in [-0.25, -0.2) is 4.98 Å². The molecule has 2 aromatic rings. The number of hydrogen-bond acceptors (Lipinski definition) is 3. The van der Waals surface area contributed by atoms with Gasteiger partial charge in [0.15, 0.2) is 4.96 Å². The topological polar surface area (TPSA) is 29.3 Å². The minimum atomic E-state index is 0.711. The lowest BCUT2D eigenvalue weighted by molar-refractivity contribution is 0.370. The molecule has 3 rings (SSSR count). The van der Waals surface area contributed by atoms with Crippen molar-refractivity contribution in [1.82, 2.24) is 14.7 Å². The lowest BCUT2D eigenvalue weighted by atomic mass is 9.95. The van der Waals surface area contributed by atoms with E-state index in [4.69, 9.17) is 0 Å². The zero-order valence-corrected chi connectivity index (χ0v) is 12.0. The third kappa shape index (κ3) is 2.19. The standard InChI is InChI=1S/C14H21N3S/c1-10-9-18-14-16-11(2)13(17(10)14)8-15-12-6-4-3-5-7-12/h9,12,15H,3-8H2,1-2H3. The first kappa shape index (κ1) is 12.2. The van der Waals surface area contributed by atoms with Crippen LogP contribution in [0.25, 0.3) is 4.96 Å². The smallest absolute Gasteiger partial charge is 0.194 e. The Kier molecular flexibility index (Phi) is 3.39. The van der Waals surface area contributed by atoms with Crippen molar-refractivity contribution in [3.8, 4) is 0 Å². The number of fused-ring (bicyclic) bond motifs is 1. The summed E-state index contributed by atoms with van der Waals surface area (Å²) in [7, 11) is 0. The van der Waals surface area contributed by atoms with E-state index in [1.54, 1.807) is 11.3 Å². The van der Waals surface area contributed by atoms with Gasteiger partial charge in [0.2, 0.25) is 0 Å². The van der Waals surface area contributed by atoms with E-state index in [9.17, 15) is 0 Å². The monoisotopic (exact) mass is 263 g/mol. The van der Waals surface area contributed by atoms with Crippen LogP contribution in [0, 0.1) is 13.8 Å². The maximum Gasteiger partial charge on any atom is 0.194 e. The highest BCUT2D eigenvalue weighted by atomic mass is 32.1. The van der Waals surface area contributed by atoms with Crippen molar-refractivity contribution in [2.24, 2.45) is 0 Å². The molecule has 0 radical (unpaired) electrons. The lowest BCUT2D eigenvalue weighted by Gasteiger charge is -2.22. The van der Waals surface area contributed by atoms with E-state index in [-0.39, 0.29) is 0 Å². The summed E-state index contributed by atoms with van der Waals surface area (Å²) in [6, 6.07) is 0.711. The zero-order valence-electron chi connectivity index (χ0n) is 11.2. The van der Waals surface area contributed by atoms with Crippen LogP contribution in [0.4, 0.5) is 0 Å². The molecule has 1 saturated carbocycles. The van der Waals surface area contributed by atoms with Gasteiger partial charge in [-0.1, -0.05) is 19.3 Å². The molecular formula is C14H21N3S. The predicted molar refractivity (Wildman–Crippen MR) is 76.3 cm³/mol. The van der Waals surface area contributed by atoms with Gasteiger partial charge in [-0.15, -0.1) is 11.3 Å². The number of nitrogens with one attached hydrogen (secondary N) is 1. The minimum Gasteiger partial charge on any atom is -0.308 e. The van der Waals surface area contributed by atoms with Crippen molar-refractivity contribution in [3.63, 3.8) is 0 Å². The van der Waals surface area contributed by atoms with Gasteiger partial charge in [0, 0.05) is 23.7 Å².